The average molecular weight is 130 g/mol. The van der Waals surface area contributed by atoms with Gasteiger partial charge >= 0.3 is 0 Å². The molecular weight excluding hydrogens is 116 g/mol. The van der Waals surface area contributed by atoms with Crippen LogP contribution in [0.25, 0.3) is 0 Å². The van der Waals surface area contributed by atoms with E-state index in [0.29, 0.717) is 12.5 Å². The van der Waals surface area contributed by atoms with E-state index in [1.807, 2.05) is 0 Å². The third kappa shape index (κ3) is 1.95. The highest BCUT2D eigenvalue weighted by Crippen LogP contribution is 2.22. The quantitative estimate of drug-likeness (QED) is 0.543. The summed E-state index contributed by atoms with van der Waals surface area (Å²) in [7, 11) is 0. The summed E-state index contributed by atoms with van der Waals surface area (Å²) < 4.78 is 0. The van der Waals surface area contributed by atoms with Crippen molar-refractivity contribution in [3.05, 3.63) is 0 Å². The van der Waals surface area contributed by atoms with E-state index < -0.39 is 0 Å². The molecule has 9 heavy (non-hydrogen) atoms. The maximum Gasteiger partial charge on any atom is 0.0540 e. The predicted molar refractivity (Wildman–Crippen MR) is 35.1 cm³/mol. The van der Waals surface area contributed by atoms with Gasteiger partial charge in [-0.05, 0) is 31.6 Å². The van der Waals surface area contributed by atoms with Gasteiger partial charge in [0.1, 0.15) is 0 Å². The first kappa shape index (κ1) is 7.03. The molecule has 1 saturated carbocycles. The second-order valence-corrected chi connectivity index (χ2v) is 2.86. The third-order valence-corrected chi connectivity index (χ3v) is 2.07. The zero-order valence-corrected chi connectivity index (χ0v) is 5.58. The monoisotopic (exact) mass is 130 g/mol. The molecule has 0 heterocycles. The van der Waals surface area contributed by atoms with Crippen LogP contribution in [0.5, 0.6) is 0 Å². The van der Waals surface area contributed by atoms with E-state index in [0.717, 1.165) is 25.7 Å². The number of hydrogen-bond acceptors (Lipinski definition) is 2. The number of hydrogen-bond donors (Lipinski definition) is 2. The molecule has 0 aliphatic heterocycles. The predicted octanol–water partition coefficient (Wildman–Crippen LogP) is 0.530. The van der Waals surface area contributed by atoms with Crippen LogP contribution in [0.3, 0.4) is 0 Å². The van der Waals surface area contributed by atoms with Crippen LogP contribution in [0.1, 0.15) is 25.7 Å². The Morgan fingerprint density at radius 2 is 1.67 bits per heavy atom. The number of aliphatic hydroxyl groups is 2. The summed E-state index contributed by atoms with van der Waals surface area (Å²) in [5.74, 6) is 0.466. The minimum Gasteiger partial charge on any atom is -0.396 e. The molecule has 0 spiro atoms. The normalized spacial score (nSPS) is 36.7. The van der Waals surface area contributed by atoms with Crippen molar-refractivity contribution in [3.8, 4) is 0 Å². The van der Waals surface area contributed by atoms with Crippen LogP contribution in [0, 0.1) is 5.92 Å². The van der Waals surface area contributed by atoms with Crippen LogP contribution in [0.4, 0.5) is 0 Å². The average Bonchev–Trinajstić information content (AvgIpc) is 1.90. The Labute approximate surface area is 55.5 Å². The van der Waals surface area contributed by atoms with Crippen LogP contribution in [0.2, 0.25) is 0 Å². The fraction of sp³-hybridized carbons (Fsp3) is 1.00. The minimum absolute atomic E-state index is 0.0900. The van der Waals surface area contributed by atoms with Crippen molar-refractivity contribution in [1.82, 2.24) is 0 Å². The van der Waals surface area contributed by atoms with Gasteiger partial charge in [-0.1, -0.05) is 0 Å². The highest BCUT2D eigenvalue weighted by atomic mass is 16.3. The maximum absolute atomic E-state index is 9.04. The van der Waals surface area contributed by atoms with Crippen molar-refractivity contribution in [1.29, 1.82) is 0 Å². The van der Waals surface area contributed by atoms with Crippen LogP contribution in [-0.2, 0) is 0 Å². The second kappa shape index (κ2) is 3.18. The molecular formula is C7H14O2. The van der Waals surface area contributed by atoms with E-state index in [1.165, 1.54) is 0 Å². The van der Waals surface area contributed by atoms with Gasteiger partial charge in [-0.3, -0.25) is 0 Å². The summed E-state index contributed by atoms with van der Waals surface area (Å²) in [6, 6.07) is 0. The van der Waals surface area contributed by atoms with E-state index in [-0.39, 0.29) is 6.10 Å². The molecule has 2 N–H and O–H groups in total. The van der Waals surface area contributed by atoms with E-state index in [9.17, 15) is 0 Å². The van der Waals surface area contributed by atoms with Crippen molar-refractivity contribution in [2.45, 2.75) is 31.8 Å². The lowest BCUT2D eigenvalue weighted by Crippen LogP contribution is -2.20. The molecule has 2 nitrogen and oxygen atoms in total. The lowest BCUT2D eigenvalue weighted by Gasteiger charge is -2.23. The van der Waals surface area contributed by atoms with Crippen molar-refractivity contribution in [3.63, 3.8) is 0 Å². The second-order valence-electron chi connectivity index (χ2n) is 2.86. The Bertz CT molecular complexity index is 75.0. The van der Waals surface area contributed by atoms with Crippen LogP contribution in [0.15, 0.2) is 0 Å². The molecule has 0 aromatic heterocycles. The SMILES string of the molecule is OCC1CCC(O)CC1. The fourth-order valence-electron chi connectivity index (χ4n) is 1.33. The summed E-state index contributed by atoms with van der Waals surface area (Å²) in [4.78, 5) is 0. The molecule has 1 fully saturated rings. The van der Waals surface area contributed by atoms with Gasteiger partial charge in [-0.25, -0.2) is 0 Å². The molecule has 1 aliphatic carbocycles. The van der Waals surface area contributed by atoms with Gasteiger partial charge in [-0.15, -0.1) is 0 Å². The Morgan fingerprint density at radius 1 is 1.11 bits per heavy atom. The Balaban J connectivity index is 2.18. The van der Waals surface area contributed by atoms with Gasteiger partial charge in [0.2, 0.25) is 0 Å². The maximum atomic E-state index is 9.04. The summed E-state index contributed by atoms with van der Waals surface area (Å²) >= 11 is 0. The standard InChI is InChI=1S/C7H14O2/c8-5-6-1-3-7(9)4-2-6/h6-9H,1-5H2. The zero-order chi connectivity index (χ0) is 6.69. The lowest BCUT2D eigenvalue weighted by atomic mass is 9.88. The molecule has 0 unspecified atom stereocenters. The molecule has 1 rings (SSSR count). The van der Waals surface area contributed by atoms with Crippen molar-refractivity contribution >= 4 is 0 Å². The van der Waals surface area contributed by atoms with E-state index in [2.05, 4.69) is 0 Å². The number of rotatable bonds is 1. The van der Waals surface area contributed by atoms with Crippen LogP contribution in [-0.4, -0.2) is 22.9 Å². The molecule has 0 amide bonds. The van der Waals surface area contributed by atoms with E-state index >= 15 is 0 Å². The van der Waals surface area contributed by atoms with Gasteiger partial charge in [0.05, 0.1) is 6.10 Å². The van der Waals surface area contributed by atoms with Gasteiger partial charge in [-0.2, -0.15) is 0 Å². The molecule has 54 valence electrons. The first-order chi connectivity index (χ1) is 4.33. The van der Waals surface area contributed by atoms with Gasteiger partial charge in [0, 0.05) is 6.61 Å². The largest absolute Gasteiger partial charge is 0.396 e. The smallest absolute Gasteiger partial charge is 0.0540 e. The zero-order valence-electron chi connectivity index (χ0n) is 5.58. The van der Waals surface area contributed by atoms with Crippen molar-refractivity contribution < 1.29 is 10.2 Å². The van der Waals surface area contributed by atoms with Crippen LogP contribution < -0.4 is 0 Å². The number of aliphatic hydroxyl groups excluding tert-OH is 2. The molecule has 0 saturated heterocycles. The van der Waals surface area contributed by atoms with Gasteiger partial charge in [0.15, 0.2) is 0 Å². The van der Waals surface area contributed by atoms with Gasteiger partial charge < -0.3 is 10.2 Å². The third-order valence-electron chi connectivity index (χ3n) is 2.07. The molecule has 1 aliphatic rings. The summed E-state index contributed by atoms with van der Waals surface area (Å²) in [5.41, 5.74) is 0. The molecule has 0 bridgehead atoms. The van der Waals surface area contributed by atoms with Crippen molar-refractivity contribution in [2.75, 3.05) is 6.61 Å². The minimum atomic E-state index is -0.0900. The molecule has 0 aromatic rings. The molecule has 0 aromatic carbocycles. The summed E-state index contributed by atoms with van der Waals surface area (Å²) in [5, 5.41) is 17.7. The van der Waals surface area contributed by atoms with Crippen LogP contribution >= 0.6 is 0 Å². The summed E-state index contributed by atoms with van der Waals surface area (Å²) in [6.07, 6.45) is 3.67. The Kier molecular flexibility index (Phi) is 2.49. The lowest BCUT2D eigenvalue weighted by molar-refractivity contribution is 0.0872. The van der Waals surface area contributed by atoms with E-state index in [1.54, 1.807) is 0 Å². The van der Waals surface area contributed by atoms with Gasteiger partial charge in [0.25, 0.3) is 0 Å². The van der Waals surface area contributed by atoms with Crippen molar-refractivity contribution in [2.24, 2.45) is 5.92 Å². The fourth-order valence-corrected chi connectivity index (χ4v) is 1.33. The Morgan fingerprint density at radius 3 is 2.11 bits per heavy atom. The first-order valence-electron chi connectivity index (χ1n) is 3.62. The topological polar surface area (TPSA) is 40.5 Å². The highest BCUT2D eigenvalue weighted by Gasteiger charge is 2.17. The molecule has 0 atom stereocenters. The van der Waals surface area contributed by atoms with E-state index in [4.69, 9.17) is 10.2 Å². The molecule has 2 heteroatoms. The molecule has 0 radical (unpaired) electrons. The first-order valence-corrected chi connectivity index (χ1v) is 3.62. The Hall–Kier alpha value is -0.0800. The highest BCUT2D eigenvalue weighted by molar-refractivity contribution is 4.70. The summed E-state index contributed by atoms with van der Waals surface area (Å²) in [6.45, 7) is 0.298.